The van der Waals surface area contributed by atoms with Crippen molar-refractivity contribution in [2.45, 2.75) is 37.6 Å². The summed E-state index contributed by atoms with van der Waals surface area (Å²) in [6.07, 6.45) is 4.01. The van der Waals surface area contributed by atoms with E-state index in [1.165, 1.54) is 0 Å². The van der Waals surface area contributed by atoms with Gasteiger partial charge in [-0.1, -0.05) is 5.16 Å². The van der Waals surface area contributed by atoms with E-state index in [-0.39, 0.29) is 11.9 Å². The molecule has 2 aromatic rings. The van der Waals surface area contributed by atoms with Crippen molar-refractivity contribution in [2.75, 3.05) is 6.54 Å². The van der Waals surface area contributed by atoms with Crippen molar-refractivity contribution in [3.05, 3.63) is 47.1 Å². The van der Waals surface area contributed by atoms with Gasteiger partial charge in [0.05, 0.1) is 11.6 Å². The zero-order valence-electron chi connectivity index (χ0n) is 12.6. The summed E-state index contributed by atoms with van der Waals surface area (Å²) in [7, 11) is 0. The quantitative estimate of drug-likeness (QED) is 0.870. The Bertz CT molecular complexity index is 771. The number of nitriles is 1. The van der Waals surface area contributed by atoms with Crippen LogP contribution in [0.5, 0.6) is 0 Å². The molecular weight excluding hydrogens is 292 g/mol. The van der Waals surface area contributed by atoms with Gasteiger partial charge in [-0.2, -0.15) is 10.2 Å². The van der Waals surface area contributed by atoms with E-state index >= 15 is 0 Å². The number of carbonyl (C=O) groups excluding carboxylic acids is 1. The lowest BCUT2D eigenvalue weighted by Crippen LogP contribution is -2.30. The van der Waals surface area contributed by atoms with Gasteiger partial charge >= 0.3 is 0 Å². The van der Waals surface area contributed by atoms with Crippen molar-refractivity contribution in [3.8, 4) is 6.07 Å². The van der Waals surface area contributed by atoms with Gasteiger partial charge in [-0.25, -0.2) is 0 Å². The van der Waals surface area contributed by atoms with Crippen LogP contribution in [0, 0.1) is 11.3 Å². The van der Waals surface area contributed by atoms with Crippen LogP contribution in [0.25, 0.3) is 0 Å². The fourth-order valence-electron chi connectivity index (χ4n) is 3.01. The van der Waals surface area contributed by atoms with E-state index in [4.69, 9.17) is 9.78 Å². The number of nitrogens with zero attached hydrogens (tertiary/aromatic N) is 4. The van der Waals surface area contributed by atoms with Crippen LogP contribution < -0.4 is 0 Å². The zero-order valence-corrected chi connectivity index (χ0v) is 12.6. The smallest absolute Gasteiger partial charge is 0.254 e. The Morgan fingerprint density at radius 2 is 2.04 bits per heavy atom. The Kier molecular flexibility index (Phi) is 3.34. The summed E-state index contributed by atoms with van der Waals surface area (Å²) in [4.78, 5) is 19.0. The van der Waals surface area contributed by atoms with E-state index < -0.39 is 0 Å². The molecule has 1 aliphatic heterocycles. The highest BCUT2D eigenvalue weighted by atomic mass is 16.5. The van der Waals surface area contributed by atoms with E-state index in [0.29, 0.717) is 29.5 Å². The lowest BCUT2D eigenvalue weighted by Gasteiger charge is -2.21. The van der Waals surface area contributed by atoms with Crippen molar-refractivity contribution in [2.24, 2.45) is 0 Å². The third kappa shape index (κ3) is 2.59. The largest absolute Gasteiger partial charge is 0.337 e. The van der Waals surface area contributed by atoms with Crippen LogP contribution in [0.2, 0.25) is 0 Å². The third-order valence-electron chi connectivity index (χ3n) is 4.46. The molecule has 0 N–H and O–H groups in total. The first-order valence-electron chi connectivity index (χ1n) is 7.91. The molecule has 2 aliphatic rings. The molecule has 116 valence electrons. The van der Waals surface area contributed by atoms with Gasteiger partial charge in [-0.15, -0.1) is 0 Å². The lowest BCUT2D eigenvalue weighted by atomic mass is 10.1. The van der Waals surface area contributed by atoms with Crippen LogP contribution in [0.15, 0.2) is 28.8 Å². The van der Waals surface area contributed by atoms with Gasteiger partial charge in [0, 0.05) is 18.0 Å². The maximum absolute atomic E-state index is 12.7. The average Bonchev–Trinajstić information content (AvgIpc) is 3.13. The molecule has 0 spiro atoms. The van der Waals surface area contributed by atoms with Gasteiger partial charge in [0.15, 0.2) is 5.82 Å². The number of likely N-dealkylation sites (tertiary alicyclic amines) is 1. The number of hydrogen-bond acceptors (Lipinski definition) is 5. The van der Waals surface area contributed by atoms with Crippen LogP contribution in [0.3, 0.4) is 0 Å². The zero-order chi connectivity index (χ0) is 15.8. The summed E-state index contributed by atoms with van der Waals surface area (Å²) in [5.74, 6) is 1.71. The maximum Gasteiger partial charge on any atom is 0.254 e. The van der Waals surface area contributed by atoms with Crippen molar-refractivity contribution in [1.29, 1.82) is 5.26 Å². The minimum absolute atomic E-state index is 0.0526. The Morgan fingerprint density at radius 1 is 1.26 bits per heavy atom. The first kappa shape index (κ1) is 13.9. The number of amides is 1. The van der Waals surface area contributed by atoms with Crippen molar-refractivity contribution in [3.63, 3.8) is 0 Å². The topological polar surface area (TPSA) is 83.0 Å². The van der Waals surface area contributed by atoms with E-state index in [9.17, 15) is 4.79 Å². The van der Waals surface area contributed by atoms with Crippen LogP contribution >= 0.6 is 0 Å². The normalized spacial score (nSPS) is 20.5. The van der Waals surface area contributed by atoms with Crippen LogP contribution in [0.4, 0.5) is 0 Å². The molecule has 23 heavy (non-hydrogen) atoms. The number of rotatable bonds is 3. The van der Waals surface area contributed by atoms with Crippen LogP contribution in [0.1, 0.15) is 65.3 Å². The summed E-state index contributed by atoms with van der Waals surface area (Å²) in [5.41, 5.74) is 1.13. The molecule has 0 radical (unpaired) electrons. The number of carbonyl (C=O) groups is 1. The summed E-state index contributed by atoms with van der Waals surface area (Å²) in [6, 6.07) is 8.63. The van der Waals surface area contributed by atoms with Gasteiger partial charge in [-0.05, 0) is 49.9 Å². The van der Waals surface area contributed by atoms with E-state index in [1.807, 2.05) is 0 Å². The predicted molar refractivity (Wildman–Crippen MR) is 80.4 cm³/mol. The van der Waals surface area contributed by atoms with E-state index in [0.717, 1.165) is 31.5 Å². The van der Waals surface area contributed by atoms with Crippen molar-refractivity contribution >= 4 is 5.91 Å². The number of aromatic nitrogens is 2. The van der Waals surface area contributed by atoms with Gasteiger partial charge in [0.25, 0.3) is 5.91 Å². The second kappa shape index (κ2) is 5.51. The predicted octanol–water partition coefficient (Wildman–Crippen LogP) is 2.80. The van der Waals surface area contributed by atoms with Gasteiger partial charge < -0.3 is 9.42 Å². The Labute approximate surface area is 133 Å². The van der Waals surface area contributed by atoms with Gasteiger partial charge in [0.1, 0.15) is 6.04 Å². The van der Waals surface area contributed by atoms with Crippen LogP contribution in [-0.2, 0) is 0 Å². The minimum atomic E-state index is -0.141. The first-order chi connectivity index (χ1) is 11.3. The highest BCUT2D eigenvalue weighted by molar-refractivity contribution is 5.94. The molecule has 2 fully saturated rings. The van der Waals surface area contributed by atoms with Gasteiger partial charge in [-0.3, -0.25) is 4.79 Å². The molecule has 4 rings (SSSR count). The fraction of sp³-hybridized carbons (Fsp3) is 0.412. The SMILES string of the molecule is N#Cc1ccc(C(=O)N2CCCC2c2nc(C3CC3)no2)cc1. The summed E-state index contributed by atoms with van der Waals surface area (Å²) in [5, 5.41) is 12.9. The molecule has 6 heteroatoms. The highest BCUT2D eigenvalue weighted by Crippen LogP contribution is 2.40. The molecule has 6 nitrogen and oxygen atoms in total. The monoisotopic (exact) mass is 308 g/mol. The molecule has 1 amide bonds. The van der Waals surface area contributed by atoms with Crippen LogP contribution in [-0.4, -0.2) is 27.5 Å². The molecular formula is C17H16N4O2. The molecule has 1 aromatic heterocycles. The molecule has 2 heterocycles. The maximum atomic E-state index is 12.7. The third-order valence-corrected chi connectivity index (χ3v) is 4.46. The van der Waals surface area contributed by atoms with Crippen molar-refractivity contribution < 1.29 is 9.32 Å². The number of hydrogen-bond donors (Lipinski definition) is 0. The standard InChI is InChI=1S/C17H16N4O2/c18-10-11-3-5-13(6-4-11)17(22)21-9-1-2-14(21)16-19-15(20-23-16)12-7-8-12/h3-6,12,14H,1-2,7-9H2. The molecule has 0 bridgehead atoms. The molecule has 1 atom stereocenters. The Morgan fingerprint density at radius 3 is 2.74 bits per heavy atom. The molecule has 1 saturated heterocycles. The van der Waals surface area contributed by atoms with Crippen molar-refractivity contribution in [1.82, 2.24) is 15.0 Å². The number of benzene rings is 1. The first-order valence-corrected chi connectivity index (χ1v) is 7.91. The summed E-state index contributed by atoms with van der Waals surface area (Å²) in [6.45, 7) is 0.685. The Balaban J connectivity index is 1.56. The molecule has 1 unspecified atom stereocenters. The summed E-state index contributed by atoms with van der Waals surface area (Å²) >= 11 is 0. The Hall–Kier alpha value is -2.68. The lowest BCUT2D eigenvalue weighted by molar-refractivity contribution is 0.0710. The average molecular weight is 308 g/mol. The van der Waals surface area contributed by atoms with E-state index in [2.05, 4.69) is 16.2 Å². The minimum Gasteiger partial charge on any atom is -0.337 e. The second-order valence-electron chi connectivity index (χ2n) is 6.11. The molecule has 1 aliphatic carbocycles. The van der Waals surface area contributed by atoms with E-state index in [1.54, 1.807) is 29.2 Å². The van der Waals surface area contributed by atoms with Gasteiger partial charge in [0.2, 0.25) is 5.89 Å². The highest BCUT2D eigenvalue weighted by Gasteiger charge is 2.36. The fourth-order valence-corrected chi connectivity index (χ4v) is 3.01. The second-order valence-corrected chi connectivity index (χ2v) is 6.11. The summed E-state index contributed by atoms with van der Waals surface area (Å²) < 4.78 is 5.40. The molecule has 1 saturated carbocycles. The molecule has 1 aromatic carbocycles.